The zero-order chi connectivity index (χ0) is 17.7. The van der Waals surface area contributed by atoms with Gasteiger partial charge in [0.15, 0.2) is 0 Å². The van der Waals surface area contributed by atoms with E-state index in [1.807, 2.05) is 24.3 Å². The third kappa shape index (κ3) is 8.08. The van der Waals surface area contributed by atoms with Gasteiger partial charge in [-0.3, -0.25) is 4.90 Å². The molecule has 0 aliphatic carbocycles. The fourth-order valence-corrected chi connectivity index (χ4v) is 2.81. The second kappa shape index (κ2) is 12.1. The fraction of sp³-hybridized carbons (Fsp3) is 0.700. The van der Waals surface area contributed by atoms with Crippen molar-refractivity contribution in [3.05, 3.63) is 24.3 Å². The highest BCUT2D eigenvalue weighted by molar-refractivity contribution is 5.31. The lowest BCUT2D eigenvalue weighted by atomic mass is 10.3. The van der Waals surface area contributed by atoms with Crippen LogP contribution in [0, 0.1) is 0 Å². The van der Waals surface area contributed by atoms with Crippen molar-refractivity contribution in [1.82, 2.24) is 9.80 Å². The summed E-state index contributed by atoms with van der Waals surface area (Å²) in [6.45, 7) is 14.0. The molecular formula is C20H34N2O3. The van der Waals surface area contributed by atoms with E-state index in [1.165, 1.54) is 13.1 Å². The van der Waals surface area contributed by atoms with Crippen LogP contribution in [0.4, 0.5) is 0 Å². The molecule has 0 radical (unpaired) electrons. The summed E-state index contributed by atoms with van der Waals surface area (Å²) in [4.78, 5) is 4.97. The molecular weight excluding hydrogens is 316 g/mol. The Morgan fingerprint density at radius 2 is 1.36 bits per heavy atom. The van der Waals surface area contributed by atoms with Crippen LogP contribution >= 0.6 is 0 Å². The van der Waals surface area contributed by atoms with Crippen molar-refractivity contribution in [3.63, 3.8) is 0 Å². The predicted molar refractivity (Wildman–Crippen MR) is 102 cm³/mol. The van der Waals surface area contributed by atoms with E-state index in [0.717, 1.165) is 63.7 Å². The van der Waals surface area contributed by atoms with Gasteiger partial charge >= 0.3 is 0 Å². The first-order valence-electron chi connectivity index (χ1n) is 9.70. The number of piperazine rings is 1. The van der Waals surface area contributed by atoms with Crippen LogP contribution in [0.2, 0.25) is 0 Å². The highest BCUT2D eigenvalue weighted by atomic mass is 16.5. The van der Waals surface area contributed by atoms with Crippen molar-refractivity contribution >= 4 is 0 Å². The van der Waals surface area contributed by atoms with Gasteiger partial charge in [-0.2, -0.15) is 0 Å². The van der Waals surface area contributed by atoms with Crippen molar-refractivity contribution in [1.29, 1.82) is 0 Å². The Morgan fingerprint density at radius 3 is 1.96 bits per heavy atom. The maximum atomic E-state index is 5.71. The lowest BCUT2D eigenvalue weighted by molar-refractivity contribution is 0.0626. The number of hydrogen-bond acceptors (Lipinski definition) is 5. The van der Waals surface area contributed by atoms with E-state index in [2.05, 4.69) is 23.6 Å². The van der Waals surface area contributed by atoms with Crippen molar-refractivity contribution in [2.24, 2.45) is 0 Å². The Balaban J connectivity index is 1.49. The van der Waals surface area contributed by atoms with Crippen molar-refractivity contribution in [2.75, 3.05) is 65.7 Å². The smallest absolute Gasteiger partial charge is 0.119 e. The van der Waals surface area contributed by atoms with Crippen LogP contribution in [-0.4, -0.2) is 75.5 Å². The summed E-state index contributed by atoms with van der Waals surface area (Å²) in [7, 11) is 0. The molecule has 1 aliphatic rings. The average molecular weight is 351 g/mol. The Bertz CT molecular complexity index is 445. The van der Waals surface area contributed by atoms with Gasteiger partial charge in [-0.05, 0) is 37.2 Å². The standard InChI is InChI=1S/C20H34N2O3/c1-3-5-15-24-19-6-8-20(9-7-19)25-18-17-23-16-14-22-12-10-21(4-2)11-13-22/h6-9H,3-5,10-18H2,1-2H3. The summed E-state index contributed by atoms with van der Waals surface area (Å²) >= 11 is 0. The van der Waals surface area contributed by atoms with Crippen LogP contribution in [0.5, 0.6) is 11.5 Å². The Kier molecular flexibility index (Phi) is 9.70. The number of hydrogen-bond donors (Lipinski definition) is 0. The molecule has 0 saturated carbocycles. The lowest BCUT2D eigenvalue weighted by Crippen LogP contribution is -2.47. The van der Waals surface area contributed by atoms with Gasteiger partial charge in [0.1, 0.15) is 18.1 Å². The number of rotatable bonds is 12. The highest BCUT2D eigenvalue weighted by Gasteiger charge is 2.14. The normalized spacial score (nSPS) is 16.1. The second-order valence-electron chi connectivity index (χ2n) is 6.41. The Labute approximate surface area is 152 Å². The first-order valence-corrected chi connectivity index (χ1v) is 9.70. The topological polar surface area (TPSA) is 34.2 Å². The van der Waals surface area contributed by atoms with Gasteiger partial charge in [-0.15, -0.1) is 0 Å². The number of nitrogens with zero attached hydrogens (tertiary/aromatic N) is 2. The van der Waals surface area contributed by atoms with Gasteiger partial charge in [0, 0.05) is 32.7 Å². The first-order chi connectivity index (χ1) is 12.3. The summed E-state index contributed by atoms with van der Waals surface area (Å²) in [5, 5.41) is 0. The first kappa shape index (κ1) is 20.0. The van der Waals surface area contributed by atoms with Crippen LogP contribution in [0.15, 0.2) is 24.3 Å². The number of ether oxygens (including phenoxy) is 3. The minimum absolute atomic E-state index is 0.583. The second-order valence-corrected chi connectivity index (χ2v) is 6.41. The van der Waals surface area contributed by atoms with Crippen molar-refractivity contribution < 1.29 is 14.2 Å². The molecule has 1 heterocycles. The van der Waals surface area contributed by atoms with Gasteiger partial charge in [0.05, 0.1) is 19.8 Å². The van der Waals surface area contributed by atoms with Crippen LogP contribution in [0.25, 0.3) is 0 Å². The minimum Gasteiger partial charge on any atom is -0.494 e. The molecule has 0 N–H and O–H groups in total. The van der Waals surface area contributed by atoms with E-state index in [9.17, 15) is 0 Å². The third-order valence-electron chi connectivity index (χ3n) is 4.55. The maximum Gasteiger partial charge on any atom is 0.119 e. The molecule has 0 atom stereocenters. The molecule has 0 amide bonds. The molecule has 1 saturated heterocycles. The average Bonchev–Trinajstić information content (AvgIpc) is 2.66. The molecule has 0 bridgehead atoms. The summed E-state index contributed by atoms with van der Waals surface area (Å²) in [6.07, 6.45) is 2.24. The number of benzene rings is 1. The summed E-state index contributed by atoms with van der Waals surface area (Å²) in [5.74, 6) is 1.77. The summed E-state index contributed by atoms with van der Waals surface area (Å²) in [6, 6.07) is 7.83. The minimum atomic E-state index is 0.583. The van der Waals surface area contributed by atoms with Crippen molar-refractivity contribution in [2.45, 2.75) is 26.7 Å². The fourth-order valence-electron chi connectivity index (χ4n) is 2.81. The Hall–Kier alpha value is -1.30. The molecule has 1 fully saturated rings. The SMILES string of the molecule is CCCCOc1ccc(OCCOCCN2CCN(CC)CC2)cc1. The summed E-state index contributed by atoms with van der Waals surface area (Å²) < 4.78 is 17.0. The van der Waals surface area contributed by atoms with E-state index in [0.29, 0.717) is 13.2 Å². The molecule has 0 aromatic heterocycles. The van der Waals surface area contributed by atoms with E-state index in [-0.39, 0.29) is 0 Å². The number of unbranched alkanes of at least 4 members (excludes halogenated alkanes) is 1. The van der Waals surface area contributed by atoms with E-state index in [4.69, 9.17) is 14.2 Å². The molecule has 5 nitrogen and oxygen atoms in total. The molecule has 0 unspecified atom stereocenters. The van der Waals surface area contributed by atoms with Gasteiger partial charge in [0.2, 0.25) is 0 Å². The monoisotopic (exact) mass is 350 g/mol. The molecule has 142 valence electrons. The molecule has 2 rings (SSSR count). The van der Waals surface area contributed by atoms with Gasteiger partial charge in [0.25, 0.3) is 0 Å². The molecule has 1 aliphatic heterocycles. The molecule has 0 spiro atoms. The van der Waals surface area contributed by atoms with Gasteiger partial charge in [-0.25, -0.2) is 0 Å². The van der Waals surface area contributed by atoms with Gasteiger partial charge < -0.3 is 19.1 Å². The van der Waals surface area contributed by atoms with E-state index < -0.39 is 0 Å². The van der Waals surface area contributed by atoms with Crippen LogP contribution in [-0.2, 0) is 4.74 Å². The molecule has 1 aromatic carbocycles. The molecule has 5 heteroatoms. The van der Waals surface area contributed by atoms with Gasteiger partial charge in [-0.1, -0.05) is 20.3 Å². The molecule has 1 aromatic rings. The maximum absolute atomic E-state index is 5.71. The molecule has 25 heavy (non-hydrogen) atoms. The predicted octanol–water partition coefficient (Wildman–Crippen LogP) is 2.90. The Morgan fingerprint density at radius 1 is 0.760 bits per heavy atom. The highest BCUT2D eigenvalue weighted by Crippen LogP contribution is 2.17. The third-order valence-corrected chi connectivity index (χ3v) is 4.55. The van der Waals surface area contributed by atoms with Crippen LogP contribution in [0.1, 0.15) is 26.7 Å². The zero-order valence-electron chi connectivity index (χ0n) is 15.9. The lowest BCUT2D eigenvalue weighted by Gasteiger charge is -2.33. The quantitative estimate of drug-likeness (QED) is 0.542. The van der Waals surface area contributed by atoms with Crippen molar-refractivity contribution in [3.8, 4) is 11.5 Å². The van der Waals surface area contributed by atoms with Crippen LogP contribution in [0.3, 0.4) is 0 Å². The zero-order valence-corrected chi connectivity index (χ0v) is 15.9. The summed E-state index contributed by atoms with van der Waals surface area (Å²) in [5.41, 5.74) is 0. The van der Waals surface area contributed by atoms with E-state index in [1.54, 1.807) is 0 Å². The van der Waals surface area contributed by atoms with Crippen LogP contribution < -0.4 is 9.47 Å². The van der Waals surface area contributed by atoms with E-state index >= 15 is 0 Å². The largest absolute Gasteiger partial charge is 0.494 e. The number of likely N-dealkylation sites (N-methyl/N-ethyl adjacent to an activating group) is 1.